The minimum absolute atomic E-state index is 0.0188. The maximum atomic E-state index is 13.0. The monoisotopic (exact) mass is 378 g/mol. The van der Waals surface area contributed by atoms with E-state index >= 15 is 0 Å². The number of carbonyl (C=O) groups excluding carboxylic acids is 1. The molecule has 1 aromatic carbocycles. The van der Waals surface area contributed by atoms with Gasteiger partial charge in [0.25, 0.3) is 5.82 Å². The molecule has 0 N–H and O–H groups in total. The number of hydrogen-bond donors (Lipinski definition) is 0. The van der Waals surface area contributed by atoms with Crippen LogP contribution >= 0.6 is 0 Å². The standard InChI is InChI=1S/C15H15FN6O3S/c16-12-1-3-13(4-2-12)26(24,25)22-7-5-20(6-8-22)15(23)10-21-11-18-14(9-17)19-21/h1-4,11H,5-8,10H2. The van der Waals surface area contributed by atoms with Crippen LogP contribution in [-0.2, 0) is 21.4 Å². The van der Waals surface area contributed by atoms with Gasteiger partial charge in [-0.05, 0) is 24.3 Å². The number of hydrogen-bond acceptors (Lipinski definition) is 6. The molecule has 1 amide bonds. The topological polar surface area (TPSA) is 112 Å². The third-order valence-electron chi connectivity index (χ3n) is 3.98. The second-order valence-electron chi connectivity index (χ2n) is 5.62. The van der Waals surface area contributed by atoms with Crippen LogP contribution in [0.5, 0.6) is 0 Å². The summed E-state index contributed by atoms with van der Waals surface area (Å²) in [6.07, 6.45) is 1.30. The summed E-state index contributed by atoms with van der Waals surface area (Å²) in [5.41, 5.74) is 0. The summed E-state index contributed by atoms with van der Waals surface area (Å²) in [5.74, 6) is -0.765. The molecule has 26 heavy (non-hydrogen) atoms. The van der Waals surface area contributed by atoms with Gasteiger partial charge in [0.1, 0.15) is 24.8 Å². The molecule has 1 aromatic heterocycles. The molecule has 2 heterocycles. The van der Waals surface area contributed by atoms with Crippen LogP contribution in [0.1, 0.15) is 5.82 Å². The van der Waals surface area contributed by atoms with Crippen LogP contribution in [0.3, 0.4) is 0 Å². The van der Waals surface area contributed by atoms with Gasteiger partial charge in [0, 0.05) is 26.2 Å². The zero-order valence-corrected chi connectivity index (χ0v) is 14.4. The Morgan fingerprint density at radius 3 is 2.42 bits per heavy atom. The summed E-state index contributed by atoms with van der Waals surface area (Å²) in [6, 6.07) is 6.42. The van der Waals surface area contributed by atoms with Crippen molar-refractivity contribution in [2.24, 2.45) is 0 Å². The Labute approximate surface area is 149 Å². The van der Waals surface area contributed by atoms with Crippen molar-refractivity contribution in [3.63, 3.8) is 0 Å². The van der Waals surface area contributed by atoms with Crippen LogP contribution in [0.2, 0.25) is 0 Å². The van der Waals surface area contributed by atoms with Gasteiger partial charge >= 0.3 is 0 Å². The molecule has 0 aliphatic carbocycles. The Kier molecular flexibility index (Phi) is 4.97. The molecule has 11 heteroatoms. The number of rotatable bonds is 4. The molecule has 0 radical (unpaired) electrons. The first-order chi connectivity index (χ1) is 12.4. The van der Waals surface area contributed by atoms with E-state index in [0.717, 1.165) is 12.1 Å². The van der Waals surface area contributed by atoms with E-state index in [1.54, 1.807) is 6.07 Å². The third kappa shape index (κ3) is 3.71. The van der Waals surface area contributed by atoms with Crippen molar-refractivity contribution in [1.82, 2.24) is 24.0 Å². The number of nitriles is 1. The van der Waals surface area contributed by atoms with Gasteiger partial charge < -0.3 is 4.90 Å². The van der Waals surface area contributed by atoms with Gasteiger partial charge in [-0.2, -0.15) is 9.57 Å². The van der Waals surface area contributed by atoms with Crippen molar-refractivity contribution in [1.29, 1.82) is 5.26 Å². The molecule has 1 aliphatic rings. The zero-order valence-electron chi connectivity index (χ0n) is 13.6. The molecular formula is C15H15FN6O3S. The van der Waals surface area contributed by atoms with Gasteiger partial charge in [0.15, 0.2) is 0 Å². The minimum atomic E-state index is -3.72. The molecule has 1 saturated heterocycles. The molecule has 9 nitrogen and oxygen atoms in total. The predicted molar refractivity (Wildman–Crippen MR) is 86.5 cm³/mol. The number of sulfonamides is 1. The van der Waals surface area contributed by atoms with Crippen LogP contribution in [0.25, 0.3) is 0 Å². The lowest BCUT2D eigenvalue weighted by atomic mass is 10.3. The van der Waals surface area contributed by atoms with E-state index in [1.807, 2.05) is 0 Å². The number of piperazine rings is 1. The molecule has 0 unspecified atom stereocenters. The second-order valence-corrected chi connectivity index (χ2v) is 7.55. The average molecular weight is 378 g/mol. The third-order valence-corrected chi connectivity index (χ3v) is 5.89. The first kappa shape index (κ1) is 18.0. The molecule has 0 spiro atoms. The van der Waals surface area contributed by atoms with E-state index in [0.29, 0.717) is 0 Å². The fourth-order valence-electron chi connectivity index (χ4n) is 2.59. The maximum absolute atomic E-state index is 13.0. The summed E-state index contributed by atoms with van der Waals surface area (Å²) in [7, 11) is -3.72. The number of halogens is 1. The molecule has 0 saturated carbocycles. The van der Waals surface area contributed by atoms with Crippen LogP contribution in [-0.4, -0.2) is 64.5 Å². The highest BCUT2D eigenvalue weighted by Crippen LogP contribution is 2.18. The van der Waals surface area contributed by atoms with E-state index in [9.17, 15) is 17.6 Å². The van der Waals surface area contributed by atoms with Crippen molar-refractivity contribution in [2.75, 3.05) is 26.2 Å². The Morgan fingerprint density at radius 2 is 1.85 bits per heavy atom. The lowest BCUT2D eigenvalue weighted by Gasteiger charge is -2.34. The molecule has 1 aliphatic heterocycles. The van der Waals surface area contributed by atoms with Crippen molar-refractivity contribution in [3.05, 3.63) is 42.2 Å². The van der Waals surface area contributed by atoms with Crippen molar-refractivity contribution in [2.45, 2.75) is 11.4 Å². The molecule has 3 rings (SSSR count). The lowest BCUT2D eigenvalue weighted by Crippen LogP contribution is -2.51. The number of carbonyl (C=O) groups is 1. The van der Waals surface area contributed by atoms with Crippen molar-refractivity contribution < 1.29 is 17.6 Å². The molecule has 0 atom stereocenters. The molecule has 0 bridgehead atoms. The fourth-order valence-corrected chi connectivity index (χ4v) is 4.02. The second kappa shape index (κ2) is 7.19. The summed E-state index contributed by atoms with van der Waals surface area (Å²) in [4.78, 5) is 17.5. The maximum Gasteiger partial charge on any atom is 0.252 e. The predicted octanol–water partition coefficient (Wildman–Crippen LogP) is -0.178. The highest BCUT2D eigenvalue weighted by molar-refractivity contribution is 7.89. The first-order valence-corrected chi connectivity index (χ1v) is 9.17. The summed E-state index contributed by atoms with van der Waals surface area (Å²) >= 11 is 0. The van der Waals surface area contributed by atoms with Gasteiger partial charge in [-0.1, -0.05) is 0 Å². The number of benzene rings is 1. The molecule has 1 fully saturated rings. The Bertz CT molecular complexity index is 943. The van der Waals surface area contributed by atoms with E-state index in [-0.39, 0.29) is 49.4 Å². The van der Waals surface area contributed by atoms with Gasteiger partial charge in [0.2, 0.25) is 15.9 Å². The quantitative estimate of drug-likeness (QED) is 0.730. The number of amides is 1. The number of nitrogens with zero attached hydrogens (tertiary/aromatic N) is 6. The van der Waals surface area contributed by atoms with E-state index < -0.39 is 15.8 Å². The Hall–Kier alpha value is -2.84. The van der Waals surface area contributed by atoms with Gasteiger partial charge in [-0.25, -0.2) is 22.5 Å². The summed E-state index contributed by atoms with van der Waals surface area (Å²) in [6.45, 7) is 0.690. The highest BCUT2D eigenvalue weighted by atomic mass is 32.2. The Morgan fingerprint density at radius 1 is 1.19 bits per heavy atom. The lowest BCUT2D eigenvalue weighted by molar-refractivity contribution is -0.133. The van der Waals surface area contributed by atoms with E-state index in [1.165, 1.54) is 32.3 Å². The van der Waals surface area contributed by atoms with E-state index in [4.69, 9.17) is 5.26 Å². The van der Waals surface area contributed by atoms with Gasteiger partial charge in [-0.3, -0.25) is 4.79 Å². The summed E-state index contributed by atoms with van der Waals surface area (Å²) in [5, 5.41) is 12.5. The normalized spacial score (nSPS) is 15.6. The zero-order chi connectivity index (χ0) is 18.7. The van der Waals surface area contributed by atoms with Crippen LogP contribution in [0, 0.1) is 17.1 Å². The van der Waals surface area contributed by atoms with Crippen molar-refractivity contribution in [3.8, 4) is 6.07 Å². The van der Waals surface area contributed by atoms with Crippen LogP contribution in [0.15, 0.2) is 35.5 Å². The SMILES string of the molecule is N#Cc1ncn(CC(=O)N2CCN(S(=O)(=O)c3ccc(F)cc3)CC2)n1. The molecule has 2 aromatic rings. The fraction of sp³-hybridized carbons (Fsp3) is 0.333. The molecule has 136 valence electrons. The van der Waals surface area contributed by atoms with Crippen LogP contribution < -0.4 is 0 Å². The minimum Gasteiger partial charge on any atom is -0.338 e. The van der Waals surface area contributed by atoms with Crippen LogP contribution in [0.4, 0.5) is 4.39 Å². The average Bonchev–Trinajstić information content (AvgIpc) is 3.10. The highest BCUT2D eigenvalue weighted by Gasteiger charge is 2.30. The largest absolute Gasteiger partial charge is 0.338 e. The van der Waals surface area contributed by atoms with E-state index in [2.05, 4.69) is 10.1 Å². The number of aromatic nitrogens is 3. The Balaban J connectivity index is 1.60. The molecular weight excluding hydrogens is 363 g/mol. The van der Waals surface area contributed by atoms with Crippen molar-refractivity contribution >= 4 is 15.9 Å². The summed E-state index contributed by atoms with van der Waals surface area (Å²) < 4.78 is 40.6. The smallest absolute Gasteiger partial charge is 0.252 e. The first-order valence-electron chi connectivity index (χ1n) is 7.73. The van der Waals surface area contributed by atoms with Gasteiger partial charge in [-0.15, -0.1) is 5.10 Å². The van der Waals surface area contributed by atoms with Gasteiger partial charge in [0.05, 0.1) is 4.90 Å².